The van der Waals surface area contributed by atoms with Gasteiger partial charge in [0.1, 0.15) is 0 Å². The van der Waals surface area contributed by atoms with E-state index in [4.69, 9.17) is 0 Å². The molecule has 3 N–H and O–H groups in total. The first kappa shape index (κ1) is 8.29. The summed E-state index contributed by atoms with van der Waals surface area (Å²) in [5.74, 6) is -4.76. The summed E-state index contributed by atoms with van der Waals surface area (Å²) in [6.45, 7) is -0.952. The molecule has 0 radical (unpaired) electrons. The molecule has 0 saturated heterocycles. The van der Waals surface area contributed by atoms with E-state index in [2.05, 4.69) is 5.73 Å². The summed E-state index contributed by atoms with van der Waals surface area (Å²) in [5, 5.41) is 1.79. The second-order valence-electron chi connectivity index (χ2n) is 1.49. The number of rotatable bonds is 2. The van der Waals surface area contributed by atoms with Crippen LogP contribution in [0.4, 0.5) is 8.78 Å². The Morgan fingerprint density at radius 2 is 2.22 bits per heavy atom. The van der Waals surface area contributed by atoms with Crippen molar-refractivity contribution in [3.63, 3.8) is 0 Å². The van der Waals surface area contributed by atoms with E-state index in [1.807, 2.05) is 0 Å². The Balaban J connectivity index is 3.97. The number of halogens is 2. The third-order valence-electron chi connectivity index (χ3n) is 0.816. The summed E-state index contributed by atoms with van der Waals surface area (Å²) >= 11 is 0. The van der Waals surface area contributed by atoms with Gasteiger partial charge in [-0.1, -0.05) is 0 Å². The van der Waals surface area contributed by atoms with Gasteiger partial charge < -0.3 is 11.1 Å². The van der Waals surface area contributed by atoms with Crippen molar-refractivity contribution in [3.05, 3.63) is 0 Å². The second-order valence-corrected chi connectivity index (χ2v) is 1.49. The summed E-state index contributed by atoms with van der Waals surface area (Å²) in [6, 6.07) is 0. The van der Waals surface area contributed by atoms with E-state index >= 15 is 0 Å². The number of hydrogen-bond donors (Lipinski definition) is 2. The molecule has 0 saturated carbocycles. The summed E-state index contributed by atoms with van der Waals surface area (Å²) in [7, 11) is 1.13. The standard InChI is InChI=1S/C4H8F2N2O/c1-8-3(9)4(5,6)2-7/h2,7H2,1H3,(H,8,9). The second kappa shape index (κ2) is 2.72. The zero-order valence-electron chi connectivity index (χ0n) is 4.95. The van der Waals surface area contributed by atoms with Crippen molar-refractivity contribution in [2.75, 3.05) is 13.6 Å². The van der Waals surface area contributed by atoms with Crippen LogP contribution >= 0.6 is 0 Å². The summed E-state index contributed by atoms with van der Waals surface area (Å²) in [4.78, 5) is 10.1. The third kappa shape index (κ3) is 1.93. The Hall–Kier alpha value is -0.710. The lowest BCUT2D eigenvalue weighted by Gasteiger charge is -2.09. The van der Waals surface area contributed by atoms with Gasteiger partial charge in [0, 0.05) is 7.05 Å². The summed E-state index contributed by atoms with van der Waals surface area (Å²) in [6.07, 6.45) is 0. The van der Waals surface area contributed by atoms with Crippen LogP contribution in [0.3, 0.4) is 0 Å². The Kier molecular flexibility index (Phi) is 2.51. The van der Waals surface area contributed by atoms with Gasteiger partial charge in [-0.05, 0) is 0 Å². The molecular formula is C4H8F2N2O. The van der Waals surface area contributed by atoms with Crippen LogP contribution in [0.15, 0.2) is 0 Å². The monoisotopic (exact) mass is 138 g/mol. The number of nitrogens with two attached hydrogens (primary N) is 1. The molecule has 0 aromatic heterocycles. The zero-order chi connectivity index (χ0) is 7.49. The molecule has 0 heterocycles. The van der Waals surface area contributed by atoms with Crippen LogP contribution in [0.25, 0.3) is 0 Å². The minimum Gasteiger partial charge on any atom is -0.354 e. The minimum absolute atomic E-state index is 0.952. The van der Waals surface area contributed by atoms with E-state index in [-0.39, 0.29) is 0 Å². The van der Waals surface area contributed by atoms with Crippen LogP contribution < -0.4 is 11.1 Å². The Morgan fingerprint density at radius 1 is 1.78 bits per heavy atom. The zero-order valence-corrected chi connectivity index (χ0v) is 4.95. The van der Waals surface area contributed by atoms with Gasteiger partial charge >= 0.3 is 5.92 Å². The Bertz CT molecular complexity index is 115. The van der Waals surface area contributed by atoms with Gasteiger partial charge in [-0.2, -0.15) is 8.78 Å². The third-order valence-corrected chi connectivity index (χ3v) is 0.816. The highest BCUT2D eigenvalue weighted by atomic mass is 19.3. The molecule has 0 rings (SSSR count). The Labute approximate surface area is 51.2 Å². The highest BCUT2D eigenvalue weighted by Crippen LogP contribution is 2.09. The molecule has 0 aliphatic heterocycles. The molecule has 9 heavy (non-hydrogen) atoms. The van der Waals surface area contributed by atoms with Crippen molar-refractivity contribution in [1.82, 2.24) is 5.32 Å². The molecule has 0 aliphatic rings. The lowest BCUT2D eigenvalue weighted by Crippen LogP contribution is -2.43. The van der Waals surface area contributed by atoms with Crippen LogP contribution in [-0.2, 0) is 4.79 Å². The molecule has 0 aromatic rings. The summed E-state index contributed by atoms with van der Waals surface area (Å²) in [5.41, 5.74) is 4.57. The van der Waals surface area contributed by atoms with Crippen molar-refractivity contribution < 1.29 is 13.6 Å². The first-order chi connectivity index (χ1) is 4.04. The fourth-order valence-electron chi connectivity index (χ4n) is 0.276. The van der Waals surface area contributed by atoms with Gasteiger partial charge in [0.25, 0.3) is 5.91 Å². The first-order valence-corrected chi connectivity index (χ1v) is 2.34. The molecule has 0 bridgehead atoms. The number of alkyl halides is 2. The topological polar surface area (TPSA) is 55.1 Å². The predicted molar refractivity (Wildman–Crippen MR) is 28.1 cm³/mol. The van der Waals surface area contributed by atoms with Gasteiger partial charge in [-0.25, -0.2) is 0 Å². The van der Waals surface area contributed by atoms with Crippen LogP contribution in [0.5, 0.6) is 0 Å². The minimum atomic E-state index is -3.42. The molecule has 54 valence electrons. The van der Waals surface area contributed by atoms with Crippen molar-refractivity contribution in [1.29, 1.82) is 0 Å². The first-order valence-electron chi connectivity index (χ1n) is 2.34. The molecule has 0 aromatic carbocycles. The van der Waals surface area contributed by atoms with Gasteiger partial charge in [-0.3, -0.25) is 4.79 Å². The van der Waals surface area contributed by atoms with Crippen LogP contribution in [0, 0.1) is 0 Å². The maximum Gasteiger partial charge on any atom is 0.336 e. The predicted octanol–water partition coefficient (Wildman–Crippen LogP) is -0.674. The van der Waals surface area contributed by atoms with Gasteiger partial charge in [0.15, 0.2) is 0 Å². The van der Waals surface area contributed by atoms with Crippen molar-refractivity contribution >= 4 is 5.91 Å². The smallest absolute Gasteiger partial charge is 0.336 e. The Morgan fingerprint density at radius 3 is 2.33 bits per heavy atom. The van der Waals surface area contributed by atoms with Crippen molar-refractivity contribution in [3.8, 4) is 0 Å². The SMILES string of the molecule is CNC(=O)C(F)(F)CN. The van der Waals surface area contributed by atoms with Gasteiger partial charge in [0.05, 0.1) is 6.54 Å². The van der Waals surface area contributed by atoms with Crippen LogP contribution in [0.2, 0.25) is 0 Å². The van der Waals surface area contributed by atoms with Crippen LogP contribution in [-0.4, -0.2) is 25.4 Å². The quantitative estimate of drug-likeness (QED) is 0.531. The molecule has 0 fully saturated rings. The molecule has 1 amide bonds. The molecule has 0 aliphatic carbocycles. The van der Waals surface area contributed by atoms with E-state index in [0.29, 0.717) is 0 Å². The summed E-state index contributed by atoms with van der Waals surface area (Å²) < 4.78 is 24.0. The van der Waals surface area contributed by atoms with E-state index < -0.39 is 18.4 Å². The molecule has 0 unspecified atom stereocenters. The fourth-order valence-corrected chi connectivity index (χ4v) is 0.276. The molecule has 3 nitrogen and oxygen atoms in total. The average molecular weight is 138 g/mol. The number of hydrogen-bond acceptors (Lipinski definition) is 2. The lowest BCUT2D eigenvalue weighted by atomic mass is 10.3. The van der Waals surface area contributed by atoms with Crippen molar-refractivity contribution in [2.24, 2.45) is 5.73 Å². The average Bonchev–Trinajstić information content (AvgIpc) is 1.86. The maximum atomic E-state index is 12.0. The molecule has 0 atom stereocenters. The largest absolute Gasteiger partial charge is 0.354 e. The lowest BCUT2D eigenvalue weighted by molar-refractivity contribution is -0.143. The normalized spacial score (nSPS) is 11.1. The van der Waals surface area contributed by atoms with Gasteiger partial charge in [-0.15, -0.1) is 0 Å². The maximum absolute atomic E-state index is 12.0. The van der Waals surface area contributed by atoms with E-state index in [1.165, 1.54) is 0 Å². The highest BCUT2D eigenvalue weighted by Gasteiger charge is 2.35. The fraction of sp³-hybridized carbons (Fsp3) is 0.750. The number of nitrogens with one attached hydrogen (secondary N) is 1. The molecule has 5 heteroatoms. The van der Waals surface area contributed by atoms with E-state index in [0.717, 1.165) is 7.05 Å². The number of amides is 1. The number of carbonyl (C=O) groups excluding carboxylic acids is 1. The van der Waals surface area contributed by atoms with Crippen LogP contribution in [0.1, 0.15) is 0 Å². The highest BCUT2D eigenvalue weighted by molar-refractivity contribution is 5.83. The van der Waals surface area contributed by atoms with Crippen molar-refractivity contribution in [2.45, 2.75) is 5.92 Å². The van der Waals surface area contributed by atoms with E-state index in [1.54, 1.807) is 5.32 Å². The number of carbonyl (C=O) groups is 1. The van der Waals surface area contributed by atoms with E-state index in [9.17, 15) is 13.6 Å². The van der Waals surface area contributed by atoms with Gasteiger partial charge in [0.2, 0.25) is 0 Å². The molecular weight excluding hydrogens is 130 g/mol. The molecule has 0 spiro atoms.